The number of anilines is 1. The van der Waals surface area contributed by atoms with E-state index in [1.54, 1.807) is 6.07 Å². The third-order valence-corrected chi connectivity index (χ3v) is 2.89. The predicted molar refractivity (Wildman–Crippen MR) is 82.8 cm³/mol. The Morgan fingerprint density at radius 3 is 2.87 bits per heavy atom. The third kappa shape index (κ3) is 4.48. The van der Waals surface area contributed by atoms with Crippen LogP contribution in [0.4, 0.5) is 10.2 Å². The zero-order valence-corrected chi connectivity index (χ0v) is 12.8. The Hall–Kier alpha value is -3.01. The molecule has 0 aliphatic carbocycles. The van der Waals surface area contributed by atoms with E-state index in [2.05, 4.69) is 15.4 Å². The minimum Gasteiger partial charge on any atom is -0.268 e. The number of hydrogen-bond donors (Lipinski definition) is 1. The second-order valence-corrected chi connectivity index (χ2v) is 5.31. The average molecular weight is 313 g/mol. The zero-order valence-electron chi connectivity index (χ0n) is 12.8. The summed E-state index contributed by atoms with van der Waals surface area (Å²) in [4.78, 5) is 20.2. The highest BCUT2D eigenvalue weighted by Gasteiger charge is 2.15. The molecule has 2 aromatic rings. The summed E-state index contributed by atoms with van der Waals surface area (Å²) in [6.07, 6.45) is 1.45. The van der Waals surface area contributed by atoms with Crippen molar-refractivity contribution in [2.45, 2.75) is 13.8 Å². The summed E-state index contributed by atoms with van der Waals surface area (Å²) in [5, 5.41) is 10.4. The number of nitrogens with zero attached hydrogens (tertiary/aromatic N) is 4. The van der Waals surface area contributed by atoms with Crippen molar-refractivity contribution >= 4 is 11.7 Å². The smallest absolute Gasteiger partial charge is 0.268 e. The van der Waals surface area contributed by atoms with E-state index in [-0.39, 0.29) is 17.3 Å². The normalized spacial score (nSPS) is 10.2. The Morgan fingerprint density at radius 1 is 1.43 bits per heavy atom. The largest absolute Gasteiger partial charge is 0.269 e. The SMILES string of the molecule is CC(C)CN(NC(=O)c1cccc(F)c1)c1ccnc(C#N)n1. The van der Waals surface area contributed by atoms with Crippen LogP contribution in [0.2, 0.25) is 0 Å². The minimum atomic E-state index is -0.484. The second-order valence-electron chi connectivity index (χ2n) is 5.31. The molecule has 0 unspecified atom stereocenters. The van der Waals surface area contributed by atoms with E-state index in [1.165, 1.54) is 29.4 Å². The Balaban J connectivity index is 2.25. The first-order chi connectivity index (χ1) is 11.0. The van der Waals surface area contributed by atoms with E-state index in [9.17, 15) is 9.18 Å². The monoisotopic (exact) mass is 313 g/mol. The number of carbonyl (C=O) groups excluding carboxylic acids is 1. The molecule has 2 rings (SSSR count). The van der Waals surface area contributed by atoms with Crippen molar-refractivity contribution in [2.24, 2.45) is 5.92 Å². The van der Waals surface area contributed by atoms with Gasteiger partial charge in [-0.05, 0) is 24.1 Å². The summed E-state index contributed by atoms with van der Waals surface area (Å²) in [6.45, 7) is 4.43. The first-order valence-electron chi connectivity index (χ1n) is 7.07. The van der Waals surface area contributed by atoms with Crippen molar-refractivity contribution in [1.82, 2.24) is 15.4 Å². The van der Waals surface area contributed by atoms with E-state index < -0.39 is 11.7 Å². The van der Waals surface area contributed by atoms with Crippen LogP contribution in [0.3, 0.4) is 0 Å². The summed E-state index contributed by atoms with van der Waals surface area (Å²) in [7, 11) is 0. The molecule has 118 valence electrons. The van der Waals surface area contributed by atoms with Crippen molar-refractivity contribution in [3.63, 3.8) is 0 Å². The molecule has 1 aromatic carbocycles. The summed E-state index contributed by atoms with van der Waals surface area (Å²) in [5.74, 6) is -0.307. The highest BCUT2D eigenvalue weighted by molar-refractivity contribution is 5.95. The molecule has 0 fully saturated rings. The molecule has 23 heavy (non-hydrogen) atoms. The van der Waals surface area contributed by atoms with Crippen LogP contribution in [0, 0.1) is 23.1 Å². The maximum absolute atomic E-state index is 13.2. The molecule has 0 atom stereocenters. The molecule has 0 spiro atoms. The fraction of sp³-hybridized carbons (Fsp3) is 0.250. The Labute approximate surface area is 133 Å². The first-order valence-corrected chi connectivity index (χ1v) is 7.07. The Morgan fingerprint density at radius 2 is 2.22 bits per heavy atom. The third-order valence-electron chi connectivity index (χ3n) is 2.89. The number of nitriles is 1. The van der Waals surface area contributed by atoms with E-state index >= 15 is 0 Å². The molecule has 0 aliphatic rings. The number of hydrazine groups is 1. The van der Waals surface area contributed by atoms with Crippen LogP contribution in [0.1, 0.15) is 30.0 Å². The molecule has 0 aliphatic heterocycles. The number of amides is 1. The summed E-state index contributed by atoms with van der Waals surface area (Å²) in [6, 6.07) is 8.86. The molecule has 0 saturated carbocycles. The molecule has 1 amide bonds. The van der Waals surface area contributed by atoms with Crippen LogP contribution in [-0.2, 0) is 0 Å². The van der Waals surface area contributed by atoms with Gasteiger partial charge in [-0.15, -0.1) is 0 Å². The topological polar surface area (TPSA) is 81.9 Å². The van der Waals surface area contributed by atoms with Gasteiger partial charge in [0.1, 0.15) is 11.9 Å². The van der Waals surface area contributed by atoms with Gasteiger partial charge in [0.25, 0.3) is 5.91 Å². The van der Waals surface area contributed by atoms with Gasteiger partial charge in [0.15, 0.2) is 5.82 Å². The van der Waals surface area contributed by atoms with Gasteiger partial charge in [-0.3, -0.25) is 15.2 Å². The quantitative estimate of drug-likeness (QED) is 0.857. The van der Waals surface area contributed by atoms with Crippen molar-refractivity contribution < 1.29 is 9.18 Å². The van der Waals surface area contributed by atoms with Crippen LogP contribution in [0.15, 0.2) is 36.5 Å². The number of rotatable bonds is 5. The number of halogens is 1. The van der Waals surface area contributed by atoms with Crippen molar-refractivity contribution in [3.05, 3.63) is 53.7 Å². The van der Waals surface area contributed by atoms with Gasteiger partial charge >= 0.3 is 0 Å². The van der Waals surface area contributed by atoms with Gasteiger partial charge in [0, 0.05) is 24.4 Å². The molecule has 7 heteroatoms. The molecular formula is C16H16FN5O. The summed E-state index contributed by atoms with van der Waals surface area (Å²) < 4.78 is 13.2. The molecule has 0 bridgehead atoms. The van der Waals surface area contributed by atoms with Gasteiger partial charge in [0.2, 0.25) is 5.82 Å². The average Bonchev–Trinajstić information content (AvgIpc) is 2.53. The Bertz CT molecular complexity index is 741. The molecular weight excluding hydrogens is 297 g/mol. The van der Waals surface area contributed by atoms with Crippen LogP contribution in [-0.4, -0.2) is 22.4 Å². The van der Waals surface area contributed by atoms with E-state index in [0.717, 1.165) is 6.07 Å². The van der Waals surface area contributed by atoms with Gasteiger partial charge in [-0.2, -0.15) is 10.2 Å². The first kappa shape index (κ1) is 16.4. The molecule has 1 heterocycles. The second kappa shape index (κ2) is 7.31. The van der Waals surface area contributed by atoms with Gasteiger partial charge < -0.3 is 0 Å². The lowest BCUT2D eigenvalue weighted by Crippen LogP contribution is -2.45. The van der Waals surface area contributed by atoms with E-state index in [1.807, 2.05) is 19.9 Å². The predicted octanol–water partition coefficient (Wildman–Crippen LogP) is 2.29. The van der Waals surface area contributed by atoms with E-state index in [0.29, 0.717) is 12.4 Å². The molecule has 0 radical (unpaired) electrons. The lowest BCUT2D eigenvalue weighted by molar-refractivity contribution is 0.0947. The zero-order chi connectivity index (χ0) is 16.8. The lowest BCUT2D eigenvalue weighted by Gasteiger charge is -2.26. The lowest BCUT2D eigenvalue weighted by atomic mass is 10.2. The van der Waals surface area contributed by atoms with Crippen molar-refractivity contribution in [3.8, 4) is 6.07 Å². The molecule has 1 aromatic heterocycles. The summed E-state index contributed by atoms with van der Waals surface area (Å²) in [5.41, 5.74) is 2.89. The number of carbonyl (C=O) groups is 1. The Kier molecular flexibility index (Phi) is 5.20. The van der Waals surface area contributed by atoms with Gasteiger partial charge in [-0.1, -0.05) is 19.9 Å². The minimum absolute atomic E-state index is 0.0104. The van der Waals surface area contributed by atoms with Crippen molar-refractivity contribution in [1.29, 1.82) is 5.26 Å². The fourth-order valence-corrected chi connectivity index (χ4v) is 1.93. The molecule has 0 saturated heterocycles. The van der Waals surface area contributed by atoms with Crippen LogP contribution < -0.4 is 10.4 Å². The molecule has 6 nitrogen and oxygen atoms in total. The maximum Gasteiger partial charge on any atom is 0.269 e. The van der Waals surface area contributed by atoms with Crippen LogP contribution in [0.25, 0.3) is 0 Å². The summed E-state index contributed by atoms with van der Waals surface area (Å²) >= 11 is 0. The van der Waals surface area contributed by atoms with Crippen LogP contribution >= 0.6 is 0 Å². The van der Waals surface area contributed by atoms with Crippen LogP contribution in [0.5, 0.6) is 0 Å². The highest BCUT2D eigenvalue weighted by Crippen LogP contribution is 2.11. The maximum atomic E-state index is 13.2. The number of hydrogen-bond acceptors (Lipinski definition) is 5. The van der Waals surface area contributed by atoms with Gasteiger partial charge in [-0.25, -0.2) is 9.37 Å². The fourth-order valence-electron chi connectivity index (χ4n) is 1.93. The number of benzene rings is 1. The number of nitrogens with one attached hydrogen (secondary N) is 1. The van der Waals surface area contributed by atoms with E-state index in [4.69, 9.17) is 5.26 Å². The highest BCUT2D eigenvalue weighted by atomic mass is 19.1. The molecule has 1 N–H and O–H groups in total. The van der Waals surface area contributed by atoms with Crippen molar-refractivity contribution in [2.75, 3.05) is 11.6 Å². The number of aromatic nitrogens is 2. The standard InChI is InChI=1S/C16H16FN5O/c1-11(2)10-22(15-6-7-19-14(9-18)20-15)21-16(23)12-4-3-5-13(17)8-12/h3-8,11H,10H2,1-2H3,(H,21,23). The van der Waals surface area contributed by atoms with Gasteiger partial charge in [0.05, 0.1) is 0 Å².